The highest BCUT2D eigenvalue weighted by atomic mass is 16.3. The number of nitrogens with two attached hydrogens (primary N) is 8. The van der Waals surface area contributed by atoms with E-state index in [1.165, 1.54) is 50.2 Å². The summed E-state index contributed by atoms with van der Waals surface area (Å²) in [5, 5.41) is 59.6. The van der Waals surface area contributed by atoms with Crippen molar-refractivity contribution in [1.29, 1.82) is 0 Å². The monoisotopic (exact) mass is 1460 g/mol. The molecule has 3 rings (SSSR count). The van der Waals surface area contributed by atoms with Crippen LogP contribution in [0.4, 0.5) is 0 Å². The molecule has 31 N–H and O–H groups in total. The molecule has 0 aliphatic rings. The zero-order chi connectivity index (χ0) is 77.3. The molecular weight excluding hydrogens is 1360 g/mol. The maximum Gasteiger partial charge on any atom is 0.245 e. The number of aliphatic hydroxyl groups is 1. The van der Waals surface area contributed by atoms with Crippen molar-refractivity contribution in [2.75, 3.05) is 52.4 Å². The number of amides is 13. The number of benzene rings is 3. The molecule has 13 amide bonds. The van der Waals surface area contributed by atoms with Gasteiger partial charge in [0, 0.05) is 25.9 Å². The van der Waals surface area contributed by atoms with Gasteiger partial charge in [-0.2, -0.15) is 0 Å². The van der Waals surface area contributed by atoms with Gasteiger partial charge in [-0.1, -0.05) is 54.6 Å². The van der Waals surface area contributed by atoms with Crippen LogP contribution in [-0.4, -0.2) is 217 Å². The number of aliphatic imine (C=N–C) groups is 2. The number of carbonyl (C=O) groups is 13. The summed E-state index contributed by atoms with van der Waals surface area (Å²) in [5.74, 6) is -12.0. The van der Waals surface area contributed by atoms with Crippen LogP contribution >= 0.6 is 0 Å². The Morgan fingerprint density at radius 3 is 1.22 bits per heavy atom. The average Bonchev–Trinajstić information content (AvgIpc) is 0.857. The van der Waals surface area contributed by atoms with Gasteiger partial charge in [0.1, 0.15) is 65.9 Å². The summed E-state index contributed by atoms with van der Waals surface area (Å²) in [6.07, 6.45) is 1.47. The smallest absolute Gasteiger partial charge is 0.245 e. The molecule has 0 spiro atoms. The van der Waals surface area contributed by atoms with E-state index in [9.17, 15) is 77.6 Å². The Bertz CT molecular complexity index is 3380. The van der Waals surface area contributed by atoms with E-state index >= 15 is 0 Å². The third-order valence-electron chi connectivity index (χ3n) is 15.6. The first-order valence-corrected chi connectivity index (χ1v) is 33.7. The molecule has 0 unspecified atom stereocenters. The van der Waals surface area contributed by atoms with Crippen LogP contribution in [0, 0.1) is 0 Å². The predicted octanol–water partition coefficient (Wildman–Crippen LogP) is -7.95. The third kappa shape index (κ3) is 34.4. The lowest BCUT2D eigenvalue weighted by Crippen LogP contribution is -2.60. The number of hydrogen-bond donors (Lipinski definition) is 23. The van der Waals surface area contributed by atoms with Crippen LogP contribution in [0.25, 0.3) is 0 Å². The fourth-order valence-electron chi connectivity index (χ4n) is 9.89. The summed E-state index contributed by atoms with van der Waals surface area (Å²) >= 11 is 0. The van der Waals surface area contributed by atoms with Crippen LogP contribution in [0.5, 0.6) is 11.5 Å². The van der Waals surface area contributed by atoms with E-state index in [-0.39, 0.29) is 107 Å². The Kier molecular flexibility index (Phi) is 39.3. The molecule has 3 aromatic rings. The Hall–Kier alpha value is -11.2. The van der Waals surface area contributed by atoms with Gasteiger partial charge in [-0.05, 0) is 139 Å². The number of nitrogens with one attached hydrogen (secondary N) is 12. The predicted molar refractivity (Wildman–Crippen MR) is 381 cm³/mol. The molecule has 0 saturated heterocycles. The molecule has 38 heteroatoms. The number of unbranched alkanes of at least 4 members (excludes halogenated alkanes) is 2. The maximum atomic E-state index is 14.2. The maximum absolute atomic E-state index is 14.2. The van der Waals surface area contributed by atoms with Crippen LogP contribution in [0.2, 0.25) is 0 Å². The third-order valence-corrected chi connectivity index (χ3v) is 15.6. The second kappa shape index (κ2) is 47.0. The highest BCUT2D eigenvalue weighted by molar-refractivity contribution is 5.99. The molecule has 3 aromatic carbocycles. The van der Waals surface area contributed by atoms with E-state index in [2.05, 4.69) is 73.8 Å². The number of hydrogen-bond acceptors (Lipinski definition) is 21. The lowest BCUT2D eigenvalue weighted by molar-refractivity contribution is -0.136. The highest BCUT2D eigenvalue weighted by Crippen LogP contribution is 2.15. The first-order valence-electron chi connectivity index (χ1n) is 33.7. The van der Waals surface area contributed by atoms with Gasteiger partial charge in [-0.15, -0.1) is 0 Å². The number of phenolic OH excluding ortho intramolecular Hbond substituents is 2. The number of primary amides is 1. The van der Waals surface area contributed by atoms with Gasteiger partial charge in [0.2, 0.25) is 76.8 Å². The standard InChI is InChI=1S/C66H102N22O16/c1-37(80-53(93)35-79-59(99)49(32-41-20-24-43(91)25-21-41)87-63(103)50(31-39-12-4-3-5-13-39)82-54(94)34-77-52(92)33-78-58(98)44(69)30-40-18-22-42(90)23-19-40)56(96)84-48(17-11-29-76-66(73)74)61(101)86-46(15-7-9-27-68)62(102)88-51(36-89)64(104)81-38(2)57(97)85-47(16-10-28-75-65(71)72)60(100)83-45(55(70)95)14-6-8-26-67/h3-5,12-13,18-25,37-38,44-51,89-91H,6-11,14-17,26-36,67-69H2,1-2H3,(H2,70,95)(H,77,92)(H,78,98)(H,79,99)(H,80,93)(H,81,104)(H,82,94)(H,83,100)(H,84,96)(H,85,97)(H,86,101)(H,87,103)(H,88,102)(H4,71,72,75)(H4,73,74,76)/t37-,38-,44-,45-,46-,47-,48-,49-,50-,51-/m0/s1. The van der Waals surface area contributed by atoms with E-state index < -0.39 is 163 Å². The van der Waals surface area contributed by atoms with Crippen molar-refractivity contribution in [3.8, 4) is 11.5 Å². The number of guanidine groups is 2. The number of phenols is 2. The van der Waals surface area contributed by atoms with Crippen molar-refractivity contribution in [1.82, 2.24) is 63.8 Å². The van der Waals surface area contributed by atoms with Crippen LogP contribution in [0.15, 0.2) is 88.8 Å². The summed E-state index contributed by atoms with van der Waals surface area (Å²) in [5.41, 5.74) is 46.4. The fraction of sp³-hybridized carbons (Fsp3) is 0.500. The average molecular weight is 1460 g/mol. The SMILES string of the molecule is C[C@H](NC(=O)CNC(=O)[C@H](Cc1ccc(O)cc1)NC(=O)[C@H](Cc1ccccc1)NC(=O)CNC(=O)CNC(=O)[C@@H](N)Cc1ccc(O)cc1)C(=O)N[C@@H](CCCN=C(N)N)C(=O)N[C@@H](CCCCN)C(=O)N[C@@H](CO)C(=O)N[C@@H](C)C(=O)N[C@@H](CCCN=C(N)N)C(=O)N[C@@H](CCCCN)C(N)=O. The Morgan fingerprint density at radius 2 is 0.740 bits per heavy atom. The molecule has 0 radical (unpaired) electrons. The number of rotatable bonds is 48. The molecule has 0 heterocycles. The summed E-state index contributed by atoms with van der Waals surface area (Å²) in [6, 6.07) is 6.34. The number of carbonyl (C=O) groups excluding carboxylic acids is 13. The van der Waals surface area contributed by atoms with Gasteiger partial charge in [-0.25, -0.2) is 0 Å². The first kappa shape index (κ1) is 87.0. The quantitative estimate of drug-likeness (QED) is 0.0142. The Labute approximate surface area is 601 Å². The van der Waals surface area contributed by atoms with Gasteiger partial charge < -0.3 is 125 Å². The minimum Gasteiger partial charge on any atom is -0.508 e. The van der Waals surface area contributed by atoms with Crippen molar-refractivity contribution >= 4 is 88.7 Å². The van der Waals surface area contributed by atoms with E-state index in [0.29, 0.717) is 42.5 Å². The van der Waals surface area contributed by atoms with Crippen molar-refractivity contribution < 1.29 is 77.6 Å². The first-order chi connectivity index (χ1) is 49.4. The molecule has 0 aromatic heterocycles. The largest absolute Gasteiger partial charge is 0.508 e. The van der Waals surface area contributed by atoms with Crippen molar-refractivity contribution in [2.24, 2.45) is 55.9 Å². The van der Waals surface area contributed by atoms with Gasteiger partial charge in [0.25, 0.3) is 0 Å². The number of aliphatic hydroxyl groups excluding tert-OH is 1. The molecule has 104 heavy (non-hydrogen) atoms. The van der Waals surface area contributed by atoms with Crippen LogP contribution in [-0.2, 0) is 81.6 Å². The van der Waals surface area contributed by atoms with E-state index in [1.54, 1.807) is 42.5 Å². The summed E-state index contributed by atoms with van der Waals surface area (Å²) in [7, 11) is 0. The topological polar surface area (TPSA) is 660 Å². The zero-order valence-corrected chi connectivity index (χ0v) is 58.3. The minimum absolute atomic E-state index is 0.0248. The highest BCUT2D eigenvalue weighted by Gasteiger charge is 2.34. The fourth-order valence-corrected chi connectivity index (χ4v) is 9.89. The molecule has 572 valence electrons. The van der Waals surface area contributed by atoms with Gasteiger partial charge >= 0.3 is 0 Å². The molecule has 0 aliphatic heterocycles. The lowest BCUT2D eigenvalue weighted by Gasteiger charge is -2.26. The van der Waals surface area contributed by atoms with Crippen molar-refractivity contribution in [3.05, 3.63) is 95.6 Å². The molecule has 0 fully saturated rings. The van der Waals surface area contributed by atoms with Crippen molar-refractivity contribution in [3.63, 3.8) is 0 Å². The molecule has 0 saturated carbocycles. The lowest BCUT2D eigenvalue weighted by atomic mass is 10.0. The zero-order valence-electron chi connectivity index (χ0n) is 58.3. The molecule has 38 nitrogen and oxygen atoms in total. The van der Waals surface area contributed by atoms with E-state index in [1.807, 2.05) is 0 Å². The number of nitrogens with zero attached hydrogens (tertiary/aromatic N) is 2. The second-order valence-electron chi connectivity index (χ2n) is 24.3. The minimum atomic E-state index is -1.73. The van der Waals surface area contributed by atoms with Gasteiger partial charge in [-0.3, -0.25) is 72.3 Å². The van der Waals surface area contributed by atoms with E-state index in [4.69, 9.17) is 45.9 Å². The van der Waals surface area contributed by atoms with Crippen LogP contribution in [0.3, 0.4) is 0 Å². The summed E-state index contributed by atoms with van der Waals surface area (Å²) in [6.45, 7) is 0.0374. The van der Waals surface area contributed by atoms with Gasteiger partial charge in [0.15, 0.2) is 11.9 Å². The van der Waals surface area contributed by atoms with Crippen LogP contribution < -0.4 is 110 Å². The summed E-state index contributed by atoms with van der Waals surface area (Å²) < 4.78 is 0. The van der Waals surface area contributed by atoms with E-state index in [0.717, 1.165) is 0 Å². The van der Waals surface area contributed by atoms with Crippen molar-refractivity contribution in [2.45, 2.75) is 158 Å². The molecule has 0 bridgehead atoms. The Balaban J connectivity index is 1.74. The van der Waals surface area contributed by atoms with Gasteiger partial charge in [0.05, 0.1) is 32.3 Å². The number of aromatic hydroxyl groups is 2. The van der Waals surface area contributed by atoms with Crippen LogP contribution in [0.1, 0.15) is 94.7 Å². The summed E-state index contributed by atoms with van der Waals surface area (Å²) in [4.78, 5) is 183. The second-order valence-corrected chi connectivity index (χ2v) is 24.3. The molecule has 0 aliphatic carbocycles. The molecular formula is C66H102N22O16. The Morgan fingerprint density at radius 1 is 0.375 bits per heavy atom. The normalized spacial score (nSPS) is 13.7. The molecule has 10 atom stereocenters.